The molecule has 0 amide bonds. The summed E-state index contributed by atoms with van der Waals surface area (Å²) in [6, 6.07) is 8.48. The minimum atomic E-state index is -0.898. The van der Waals surface area contributed by atoms with Gasteiger partial charge in [0.15, 0.2) is 0 Å². The molecule has 88 valence electrons. The third kappa shape index (κ3) is 3.24. The van der Waals surface area contributed by atoms with Crippen LogP contribution < -0.4 is 4.84 Å². The third-order valence-electron chi connectivity index (χ3n) is 2.20. The fraction of sp³-hybridized carbons (Fsp3) is 0.417. The number of carbonyl (C=O) groups is 1. The van der Waals surface area contributed by atoms with Crippen molar-refractivity contribution in [1.29, 1.82) is 0 Å². The van der Waals surface area contributed by atoms with Gasteiger partial charge >= 0.3 is 5.97 Å². The van der Waals surface area contributed by atoms with E-state index < -0.39 is 12.0 Å². The molecule has 4 nitrogen and oxygen atoms in total. The standard InChI is InChI=1S/C12H17NO3/c1-9(2)13(10(3)12(14)15)16-11-7-5-4-6-8-11/h4-10H,1-3H3,(H,14,15)/t10-/m0/s1. The summed E-state index contributed by atoms with van der Waals surface area (Å²) in [6.45, 7) is 5.38. The predicted octanol–water partition coefficient (Wildman–Crippen LogP) is 2.16. The van der Waals surface area contributed by atoms with Gasteiger partial charge in [-0.15, -0.1) is 5.06 Å². The zero-order chi connectivity index (χ0) is 12.1. The van der Waals surface area contributed by atoms with E-state index in [0.717, 1.165) is 0 Å². The Kier molecular flexibility index (Phi) is 4.31. The Balaban J connectivity index is 2.77. The van der Waals surface area contributed by atoms with Crippen LogP contribution in [0.15, 0.2) is 30.3 Å². The van der Waals surface area contributed by atoms with Crippen LogP contribution in [0.25, 0.3) is 0 Å². The third-order valence-corrected chi connectivity index (χ3v) is 2.20. The number of para-hydroxylation sites is 1. The molecule has 0 aliphatic carbocycles. The molecule has 0 saturated heterocycles. The van der Waals surface area contributed by atoms with Gasteiger partial charge in [-0.1, -0.05) is 18.2 Å². The van der Waals surface area contributed by atoms with Crippen LogP contribution in [-0.2, 0) is 4.79 Å². The first-order valence-corrected chi connectivity index (χ1v) is 5.26. The van der Waals surface area contributed by atoms with Crippen molar-refractivity contribution in [1.82, 2.24) is 5.06 Å². The number of aliphatic carboxylic acids is 1. The topological polar surface area (TPSA) is 49.8 Å². The van der Waals surface area contributed by atoms with Gasteiger partial charge in [-0.05, 0) is 32.9 Å². The van der Waals surface area contributed by atoms with E-state index >= 15 is 0 Å². The second-order valence-electron chi connectivity index (χ2n) is 3.87. The molecular formula is C12H17NO3. The smallest absolute Gasteiger partial charge is 0.324 e. The quantitative estimate of drug-likeness (QED) is 0.777. The molecule has 1 aromatic rings. The SMILES string of the molecule is CC(C)N(Oc1ccccc1)[C@@H](C)C(=O)O. The number of hydrogen-bond donors (Lipinski definition) is 1. The Hall–Kier alpha value is -1.55. The summed E-state index contributed by atoms with van der Waals surface area (Å²) in [5.74, 6) is -0.256. The zero-order valence-corrected chi connectivity index (χ0v) is 9.75. The van der Waals surface area contributed by atoms with Crippen molar-refractivity contribution >= 4 is 5.97 Å². The Labute approximate surface area is 95.4 Å². The van der Waals surface area contributed by atoms with Crippen molar-refractivity contribution in [2.24, 2.45) is 0 Å². The average Bonchev–Trinajstić information content (AvgIpc) is 2.26. The molecule has 16 heavy (non-hydrogen) atoms. The van der Waals surface area contributed by atoms with Gasteiger partial charge in [-0.3, -0.25) is 4.79 Å². The molecule has 0 spiro atoms. The first kappa shape index (κ1) is 12.5. The summed E-state index contributed by atoms with van der Waals surface area (Å²) in [6.07, 6.45) is 0. The number of carboxylic acid groups (broad SMARTS) is 1. The molecule has 1 N–H and O–H groups in total. The summed E-state index contributed by atoms with van der Waals surface area (Å²) in [5.41, 5.74) is 0. The van der Waals surface area contributed by atoms with E-state index in [9.17, 15) is 4.79 Å². The summed E-state index contributed by atoms with van der Waals surface area (Å²) >= 11 is 0. The summed E-state index contributed by atoms with van der Waals surface area (Å²) < 4.78 is 0. The highest BCUT2D eigenvalue weighted by atomic mass is 16.7. The molecule has 1 atom stereocenters. The first-order chi connectivity index (χ1) is 7.52. The number of benzene rings is 1. The first-order valence-electron chi connectivity index (χ1n) is 5.26. The van der Waals surface area contributed by atoms with Crippen molar-refractivity contribution < 1.29 is 14.7 Å². The van der Waals surface area contributed by atoms with Gasteiger partial charge in [0.25, 0.3) is 0 Å². The number of hydroxylamine groups is 2. The lowest BCUT2D eigenvalue weighted by atomic mass is 10.3. The van der Waals surface area contributed by atoms with Crippen molar-refractivity contribution in [3.8, 4) is 5.75 Å². The highest BCUT2D eigenvalue weighted by Gasteiger charge is 2.25. The highest BCUT2D eigenvalue weighted by molar-refractivity contribution is 5.72. The van der Waals surface area contributed by atoms with Gasteiger partial charge in [0, 0.05) is 6.04 Å². The summed E-state index contributed by atoms with van der Waals surface area (Å²) in [4.78, 5) is 16.5. The molecule has 0 aliphatic heterocycles. The van der Waals surface area contributed by atoms with Crippen molar-refractivity contribution in [2.75, 3.05) is 0 Å². The van der Waals surface area contributed by atoms with E-state index in [-0.39, 0.29) is 6.04 Å². The minimum absolute atomic E-state index is 0.00805. The normalized spacial score (nSPS) is 12.8. The lowest BCUT2D eigenvalue weighted by Crippen LogP contribution is -2.45. The molecule has 4 heteroatoms. The molecule has 0 aromatic heterocycles. The van der Waals surface area contributed by atoms with Crippen LogP contribution in [0.4, 0.5) is 0 Å². The van der Waals surface area contributed by atoms with Crippen LogP contribution in [0.3, 0.4) is 0 Å². The number of carboxylic acids is 1. The van der Waals surface area contributed by atoms with Gasteiger partial charge in [0.2, 0.25) is 0 Å². The highest BCUT2D eigenvalue weighted by Crippen LogP contribution is 2.14. The lowest BCUT2D eigenvalue weighted by Gasteiger charge is -2.29. The van der Waals surface area contributed by atoms with Crippen LogP contribution in [0.5, 0.6) is 5.75 Å². The second-order valence-corrected chi connectivity index (χ2v) is 3.87. The molecular weight excluding hydrogens is 206 g/mol. The van der Waals surface area contributed by atoms with Crippen molar-refractivity contribution in [3.05, 3.63) is 30.3 Å². The molecule has 0 saturated carbocycles. The Bertz CT molecular complexity index is 337. The van der Waals surface area contributed by atoms with Crippen LogP contribution in [-0.4, -0.2) is 28.2 Å². The van der Waals surface area contributed by atoms with Crippen LogP contribution in [0.1, 0.15) is 20.8 Å². The molecule has 0 unspecified atom stereocenters. The molecule has 0 aliphatic rings. The largest absolute Gasteiger partial charge is 0.480 e. The number of hydrogen-bond acceptors (Lipinski definition) is 3. The second kappa shape index (κ2) is 5.51. The minimum Gasteiger partial charge on any atom is -0.480 e. The molecule has 0 bridgehead atoms. The van der Waals surface area contributed by atoms with E-state index in [2.05, 4.69) is 0 Å². The predicted molar refractivity (Wildman–Crippen MR) is 61.1 cm³/mol. The van der Waals surface area contributed by atoms with E-state index in [1.54, 1.807) is 19.1 Å². The maximum atomic E-state index is 10.9. The maximum absolute atomic E-state index is 10.9. The van der Waals surface area contributed by atoms with Gasteiger partial charge in [-0.25, -0.2) is 0 Å². The van der Waals surface area contributed by atoms with Gasteiger partial charge in [0.05, 0.1) is 0 Å². The lowest BCUT2D eigenvalue weighted by molar-refractivity contribution is -0.165. The van der Waals surface area contributed by atoms with Crippen molar-refractivity contribution in [2.45, 2.75) is 32.9 Å². The fourth-order valence-corrected chi connectivity index (χ4v) is 1.34. The molecule has 0 heterocycles. The summed E-state index contributed by atoms with van der Waals surface area (Å²) in [5, 5.41) is 10.4. The molecule has 1 rings (SSSR count). The Morgan fingerprint density at radius 3 is 2.25 bits per heavy atom. The van der Waals surface area contributed by atoms with Gasteiger partial charge in [0.1, 0.15) is 11.8 Å². The van der Waals surface area contributed by atoms with Gasteiger partial charge in [-0.2, -0.15) is 0 Å². The van der Waals surface area contributed by atoms with E-state index in [1.807, 2.05) is 32.0 Å². The van der Waals surface area contributed by atoms with E-state index in [4.69, 9.17) is 9.94 Å². The Morgan fingerprint density at radius 1 is 1.25 bits per heavy atom. The van der Waals surface area contributed by atoms with E-state index in [1.165, 1.54) is 5.06 Å². The monoisotopic (exact) mass is 223 g/mol. The van der Waals surface area contributed by atoms with E-state index in [0.29, 0.717) is 5.75 Å². The van der Waals surface area contributed by atoms with Gasteiger partial charge < -0.3 is 9.94 Å². The molecule has 0 fully saturated rings. The summed E-state index contributed by atoms with van der Waals surface area (Å²) in [7, 11) is 0. The maximum Gasteiger partial charge on any atom is 0.324 e. The van der Waals surface area contributed by atoms with Crippen LogP contribution in [0.2, 0.25) is 0 Å². The van der Waals surface area contributed by atoms with Crippen LogP contribution in [0, 0.1) is 0 Å². The number of rotatable bonds is 5. The molecule has 1 aromatic carbocycles. The molecule has 0 radical (unpaired) electrons. The number of nitrogens with zero attached hydrogens (tertiary/aromatic N) is 1. The van der Waals surface area contributed by atoms with Crippen LogP contribution >= 0.6 is 0 Å². The zero-order valence-electron chi connectivity index (χ0n) is 9.75. The van der Waals surface area contributed by atoms with Crippen molar-refractivity contribution in [3.63, 3.8) is 0 Å². The average molecular weight is 223 g/mol. The Morgan fingerprint density at radius 2 is 1.81 bits per heavy atom. The fourth-order valence-electron chi connectivity index (χ4n) is 1.34.